The number of halogens is 3. The van der Waals surface area contributed by atoms with Gasteiger partial charge in [0.25, 0.3) is 0 Å². The number of hydrogen-bond donors (Lipinski definition) is 2. The van der Waals surface area contributed by atoms with Gasteiger partial charge in [-0.05, 0) is 35.9 Å². The molecule has 12 heteroatoms. The highest BCUT2D eigenvalue weighted by atomic mass is 32.2. The Labute approximate surface area is 180 Å². The number of amides is 3. The van der Waals surface area contributed by atoms with Crippen LogP contribution in [0.15, 0.2) is 59.1 Å². The second-order valence-electron chi connectivity index (χ2n) is 6.86. The molecule has 3 amide bonds. The molecule has 3 N–H and O–H groups in total. The smallest absolute Gasteiger partial charge is 0.366 e. The van der Waals surface area contributed by atoms with Crippen LogP contribution in [0.5, 0.6) is 0 Å². The Morgan fingerprint density at radius 2 is 1.81 bits per heavy atom. The van der Waals surface area contributed by atoms with Crippen molar-refractivity contribution in [3.8, 4) is 6.07 Å². The van der Waals surface area contributed by atoms with Gasteiger partial charge in [0.15, 0.2) is 14.9 Å². The van der Waals surface area contributed by atoms with Crippen molar-refractivity contribution in [3.63, 3.8) is 0 Å². The number of carbonyl (C=O) groups excluding carboxylic acids is 2. The first-order valence-electron chi connectivity index (χ1n) is 8.86. The van der Waals surface area contributed by atoms with Crippen LogP contribution in [0.1, 0.15) is 22.7 Å². The highest BCUT2D eigenvalue weighted by Crippen LogP contribution is 2.38. The number of urea groups is 1. The molecular formula is C20H15F3N4O4S. The first-order valence-corrected chi connectivity index (χ1v) is 10.8. The number of sulfone groups is 1. The van der Waals surface area contributed by atoms with Gasteiger partial charge in [0, 0.05) is 6.26 Å². The Bertz CT molecular complexity index is 1280. The molecule has 0 radical (unpaired) electrons. The third-order valence-corrected chi connectivity index (χ3v) is 5.72. The fourth-order valence-corrected chi connectivity index (χ4v) is 4.40. The molecule has 0 spiro atoms. The highest BCUT2D eigenvalue weighted by Gasteiger charge is 2.42. The standard InChI is InChI=1S/C20H15F3N4O4S/c1-32(30,31)18-15(17(25)28)16(12-7-5-11(10-24)6-8-12)26-19(29)27(18)14-4-2-3-13(9-14)20(21,22)23/h2-9,16H,1H3,(H2,25,28)(H,26,29). The van der Waals surface area contributed by atoms with E-state index in [2.05, 4.69) is 5.32 Å². The lowest BCUT2D eigenvalue weighted by molar-refractivity contribution is -0.137. The van der Waals surface area contributed by atoms with E-state index in [0.29, 0.717) is 17.2 Å². The first kappa shape index (κ1) is 22.8. The van der Waals surface area contributed by atoms with Crippen LogP contribution in [0.25, 0.3) is 0 Å². The number of benzene rings is 2. The molecule has 2 aromatic carbocycles. The van der Waals surface area contributed by atoms with Crippen LogP contribution < -0.4 is 16.0 Å². The van der Waals surface area contributed by atoms with Crippen molar-refractivity contribution in [1.82, 2.24) is 5.32 Å². The fraction of sp³-hybridized carbons (Fsp3) is 0.150. The summed E-state index contributed by atoms with van der Waals surface area (Å²) in [4.78, 5) is 25.7. The number of nitrogens with one attached hydrogen (secondary N) is 1. The van der Waals surface area contributed by atoms with Gasteiger partial charge in [0.1, 0.15) is 0 Å². The van der Waals surface area contributed by atoms with Gasteiger partial charge < -0.3 is 11.1 Å². The summed E-state index contributed by atoms with van der Waals surface area (Å²) >= 11 is 0. The van der Waals surface area contributed by atoms with Crippen LogP contribution in [0.2, 0.25) is 0 Å². The van der Waals surface area contributed by atoms with Crippen LogP contribution in [-0.2, 0) is 20.8 Å². The monoisotopic (exact) mass is 464 g/mol. The number of nitrogens with zero attached hydrogens (tertiary/aromatic N) is 2. The van der Waals surface area contributed by atoms with E-state index in [4.69, 9.17) is 11.0 Å². The van der Waals surface area contributed by atoms with E-state index in [9.17, 15) is 31.2 Å². The maximum Gasteiger partial charge on any atom is 0.416 e. The van der Waals surface area contributed by atoms with Gasteiger partial charge in [-0.25, -0.2) is 13.2 Å². The summed E-state index contributed by atoms with van der Waals surface area (Å²) in [5.74, 6) is -1.20. The molecule has 1 heterocycles. The summed E-state index contributed by atoms with van der Waals surface area (Å²) in [6.07, 6.45) is -4.05. The molecular weight excluding hydrogens is 449 g/mol. The van der Waals surface area contributed by atoms with Crippen LogP contribution in [0, 0.1) is 11.3 Å². The number of anilines is 1. The molecule has 0 aliphatic carbocycles. The molecule has 166 valence electrons. The number of alkyl halides is 3. The van der Waals surface area contributed by atoms with E-state index >= 15 is 0 Å². The third kappa shape index (κ3) is 4.28. The second-order valence-corrected chi connectivity index (χ2v) is 8.79. The minimum absolute atomic E-state index is 0.246. The SMILES string of the molecule is CS(=O)(=O)C1=C(C(N)=O)C(c2ccc(C#N)cc2)NC(=O)N1c1cccc(C(F)(F)F)c1. The lowest BCUT2D eigenvalue weighted by atomic mass is 9.96. The van der Waals surface area contributed by atoms with Crippen molar-refractivity contribution < 1.29 is 31.2 Å². The molecule has 0 saturated heterocycles. The van der Waals surface area contributed by atoms with Crippen molar-refractivity contribution in [2.75, 3.05) is 11.2 Å². The Kier molecular flexibility index (Phi) is 5.71. The predicted octanol–water partition coefficient (Wildman–Crippen LogP) is 2.59. The summed E-state index contributed by atoms with van der Waals surface area (Å²) in [5, 5.41) is 10.5. The van der Waals surface area contributed by atoms with Gasteiger partial charge >= 0.3 is 12.2 Å². The van der Waals surface area contributed by atoms with E-state index in [1.54, 1.807) is 0 Å². The zero-order valence-electron chi connectivity index (χ0n) is 16.3. The average molecular weight is 464 g/mol. The lowest BCUT2D eigenvalue weighted by Crippen LogP contribution is -2.51. The van der Waals surface area contributed by atoms with Gasteiger partial charge in [-0.1, -0.05) is 18.2 Å². The van der Waals surface area contributed by atoms with Gasteiger partial charge in [-0.3, -0.25) is 9.69 Å². The number of primary amides is 1. The normalized spacial score (nSPS) is 17.0. The molecule has 1 aliphatic heterocycles. The molecule has 0 bridgehead atoms. The molecule has 2 aromatic rings. The quantitative estimate of drug-likeness (QED) is 0.718. The number of rotatable bonds is 4. The van der Waals surface area contributed by atoms with E-state index in [1.165, 1.54) is 24.3 Å². The van der Waals surface area contributed by atoms with Gasteiger partial charge in [0.05, 0.1) is 34.5 Å². The van der Waals surface area contributed by atoms with E-state index in [0.717, 1.165) is 18.2 Å². The van der Waals surface area contributed by atoms with Crippen LogP contribution in [-0.4, -0.2) is 26.6 Å². The molecule has 3 rings (SSSR count). The lowest BCUT2D eigenvalue weighted by Gasteiger charge is -2.35. The molecule has 0 saturated carbocycles. The summed E-state index contributed by atoms with van der Waals surface area (Å²) in [6, 6.07) is 8.52. The first-order chi connectivity index (χ1) is 14.8. The van der Waals surface area contributed by atoms with Crippen LogP contribution in [0.3, 0.4) is 0 Å². The van der Waals surface area contributed by atoms with E-state index in [-0.39, 0.29) is 11.1 Å². The molecule has 8 nitrogen and oxygen atoms in total. The summed E-state index contributed by atoms with van der Waals surface area (Å²) in [5.41, 5.74) is 3.90. The minimum atomic E-state index is -4.76. The third-order valence-electron chi connectivity index (χ3n) is 4.61. The molecule has 0 fully saturated rings. The Hall–Kier alpha value is -3.85. The largest absolute Gasteiger partial charge is 0.416 e. The molecule has 1 atom stereocenters. The zero-order chi connectivity index (χ0) is 23.8. The van der Waals surface area contributed by atoms with Crippen molar-refractivity contribution >= 4 is 27.5 Å². The Morgan fingerprint density at radius 1 is 1.19 bits per heavy atom. The Morgan fingerprint density at radius 3 is 2.31 bits per heavy atom. The summed E-state index contributed by atoms with van der Waals surface area (Å²) in [6.45, 7) is 0. The molecule has 0 aromatic heterocycles. The topological polar surface area (TPSA) is 133 Å². The number of carbonyl (C=O) groups is 2. The average Bonchev–Trinajstić information content (AvgIpc) is 2.71. The van der Waals surface area contributed by atoms with Crippen molar-refractivity contribution in [1.29, 1.82) is 5.26 Å². The predicted molar refractivity (Wildman–Crippen MR) is 107 cm³/mol. The maximum atomic E-state index is 13.2. The van der Waals surface area contributed by atoms with Gasteiger partial charge in [-0.15, -0.1) is 0 Å². The number of nitrogens with two attached hydrogens (primary N) is 1. The summed E-state index contributed by atoms with van der Waals surface area (Å²) < 4.78 is 64.8. The van der Waals surface area contributed by atoms with Crippen molar-refractivity contribution in [2.24, 2.45) is 5.73 Å². The zero-order valence-corrected chi connectivity index (χ0v) is 17.2. The van der Waals surface area contributed by atoms with Crippen LogP contribution >= 0.6 is 0 Å². The molecule has 32 heavy (non-hydrogen) atoms. The molecule has 1 unspecified atom stereocenters. The number of hydrogen-bond acceptors (Lipinski definition) is 5. The van der Waals surface area contributed by atoms with Crippen molar-refractivity contribution in [2.45, 2.75) is 12.2 Å². The fourth-order valence-electron chi connectivity index (χ4n) is 3.27. The van der Waals surface area contributed by atoms with Gasteiger partial charge in [-0.2, -0.15) is 18.4 Å². The highest BCUT2D eigenvalue weighted by molar-refractivity contribution is 7.94. The van der Waals surface area contributed by atoms with E-state index < -0.39 is 55.8 Å². The summed E-state index contributed by atoms with van der Waals surface area (Å²) in [7, 11) is -4.34. The maximum absolute atomic E-state index is 13.2. The van der Waals surface area contributed by atoms with Crippen LogP contribution in [0.4, 0.5) is 23.7 Å². The van der Waals surface area contributed by atoms with E-state index in [1.807, 2.05) is 6.07 Å². The Balaban J connectivity index is 2.29. The van der Waals surface area contributed by atoms with Crippen molar-refractivity contribution in [3.05, 3.63) is 75.8 Å². The number of nitriles is 1. The minimum Gasteiger partial charge on any atom is -0.366 e. The second kappa shape index (κ2) is 8.01. The molecule has 1 aliphatic rings. The van der Waals surface area contributed by atoms with Gasteiger partial charge in [0.2, 0.25) is 5.91 Å².